The van der Waals surface area contributed by atoms with Gasteiger partial charge in [-0.25, -0.2) is 0 Å². The molecule has 0 aliphatic heterocycles. The molecule has 0 heterocycles. The van der Waals surface area contributed by atoms with Gasteiger partial charge < -0.3 is 13.6 Å². The van der Waals surface area contributed by atoms with E-state index < -0.39 is 16.6 Å². The Morgan fingerprint density at radius 3 is 1.77 bits per heavy atom. The maximum absolute atomic E-state index is 11.1. The van der Waals surface area contributed by atoms with Crippen LogP contribution in [0.25, 0.3) is 0 Å². The van der Waals surface area contributed by atoms with Crippen molar-refractivity contribution in [2.45, 2.75) is 123 Å². The quantitative estimate of drug-likeness (QED) is 0.0893. The molecule has 4 nitrogen and oxygen atoms in total. The molecule has 0 spiro atoms. The van der Waals surface area contributed by atoms with Crippen molar-refractivity contribution in [3.8, 4) is 0 Å². The van der Waals surface area contributed by atoms with E-state index in [0.29, 0.717) is 18.6 Å². The van der Waals surface area contributed by atoms with Gasteiger partial charge >= 0.3 is 5.97 Å². The third kappa shape index (κ3) is 20.9. The van der Waals surface area contributed by atoms with E-state index in [1.54, 1.807) is 0 Å². The molecule has 2 atom stereocenters. The highest BCUT2D eigenvalue weighted by atomic mass is 28.4. The monoisotopic (exact) mass is 470 g/mol. The molecular weight excluding hydrogens is 420 g/mol. The molecule has 0 amide bonds. The van der Waals surface area contributed by atoms with Gasteiger partial charge in [0.2, 0.25) is 0 Å². The highest BCUT2D eigenvalue weighted by Crippen LogP contribution is 2.18. The minimum Gasteiger partial charge on any atom is -0.469 e. The van der Waals surface area contributed by atoms with Crippen molar-refractivity contribution >= 4 is 22.6 Å². The number of methoxy groups -OCH3 is 1. The van der Waals surface area contributed by atoms with E-state index in [1.807, 2.05) is 0 Å². The number of esters is 1. The van der Waals surface area contributed by atoms with E-state index in [1.165, 1.54) is 26.4 Å². The highest BCUT2D eigenvalue weighted by molar-refractivity contribution is 6.70. The summed E-state index contributed by atoms with van der Waals surface area (Å²) in [6.45, 7) is 15.7. The summed E-state index contributed by atoms with van der Waals surface area (Å²) in [6, 6.07) is 0. The Morgan fingerprint density at radius 2 is 1.26 bits per heavy atom. The molecule has 6 heteroatoms. The number of allylic oxidation sites excluding steroid dienone is 2. The van der Waals surface area contributed by atoms with Crippen LogP contribution in [0.3, 0.4) is 0 Å². The Morgan fingerprint density at radius 1 is 0.774 bits per heavy atom. The number of hydrogen-bond acceptors (Lipinski definition) is 4. The zero-order chi connectivity index (χ0) is 23.8. The van der Waals surface area contributed by atoms with Crippen molar-refractivity contribution in [1.29, 1.82) is 0 Å². The van der Waals surface area contributed by atoms with E-state index in [9.17, 15) is 4.79 Å². The Labute approximate surface area is 195 Å². The fourth-order valence-electron chi connectivity index (χ4n) is 3.41. The fourth-order valence-corrected chi connectivity index (χ4v) is 5.89. The first-order valence-corrected chi connectivity index (χ1v) is 19.0. The second-order valence-corrected chi connectivity index (χ2v) is 19.2. The zero-order valence-corrected chi connectivity index (χ0v) is 23.7. The van der Waals surface area contributed by atoms with Crippen LogP contribution >= 0.6 is 0 Å². The molecule has 0 aliphatic carbocycles. The Kier molecular flexibility index (Phi) is 16.5. The van der Waals surface area contributed by atoms with Gasteiger partial charge in [0.15, 0.2) is 16.6 Å². The summed E-state index contributed by atoms with van der Waals surface area (Å²) in [6.07, 6.45) is 19.7. The van der Waals surface area contributed by atoms with Gasteiger partial charge in [-0.3, -0.25) is 4.79 Å². The maximum atomic E-state index is 11.1. The second-order valence-electron chi connectivity index (χ2n) is 10.3. The number of carbonyl (C=O) groups excluding carboxylic acids is 1. The normalized spacial score (nSPS) is 15.0. The van der Waals surface area contributed by atoms with Crippen LogP contribution in [0.1, 0.15) is 71.1 Å². The van der Waals surface area contributed by atoms with Crippen molar-refractivity contribution in [3.05, 3.63) is 24.3 Å². The van der Waals surface area contributed by atoms with Crippen LogP contribution in [-0.2, 0) is 18.4 Å². The van der Waals surface area contributed by atoms with Crippen LogP contribution in [0.4, 0.5) is 0 Å². The lowest BCUT2D eigenvalue weighted by Crippen LogP contribution is -2.31. The average Bonchev–Trinajstić information content (AvgIpc) is 2.66. The Balaban J connectivity index is 4.28. The summed E-state index contributed by atoms with van der Waals surface area (Å²) >= 11 is 0. The van der Waals surface area contributed by atoms with Crippen LogP contribution in [0, 0.1) is 0 Å². The van der Waals surface area contributed by atoms with Gasteiger partial charge in [0, 0.05) is 18.6 Å². The van der Waals surface area contributed by atoms with Crippen LogP contribution in [-0.4, -0.2) is 41.9 Å². The van der Waals surface area contributed by atoms with Gasteiger partial charge in [-0.05, 0) is 71.4 Å². The predicted molar refractivity (Wildman–Crippen MR) is 139 cm³/mol. The smallest absolute Gasteiger partial charge is 0.305 e. The van der Waals surface area contributed by atoms with Gasteiger partial charge in [0.05, 0.1) is 7.11 Å². The summed E-state index contributed by atoms with van der Waals surface area (Å²) in [4.78, 5) is 11.1. The van der Waals surface area contributed by atoms with Gasteiger partial charge in [-0.15, -0.1) is 0 Å². The van der Waals surface area contributed by atoms with Crippen LogP contribution < -0.4 is 0 Å². The predicted octanol–water partition coefficient (Wildman–Crippen LogP) is 7.63. The van der Waals surface area contributed by atoms with E-state index in [-0.39, 0.29) is 5.97 Å². The second kappa shape index (κ2) is 16.9. The van der Waals surface area contributed by atoms with Crippen LogP contribution in [0.15, 0.2) is 24.3 Å². The summed E-state index contributed by atoms with van der Waals surface area (Å²) < 4.78 is 17.3. The molecule has 0 saturated heterocycles. The van der Waals surface area contributed by atoms with Gasteiger partial charge in [0.25, 0.3) is 0 Å². The number of carbonyl (C=O) groups is 1. The lowest BCUT2D eigenvalue weighted by molar-refractivity contribution is -0.140. The lowest BCUT2D eigenvalue weighted by Gasteiger charge is -2.25. The largest absolute Gasteiger partial charge is 0.469 e. The minimum absolute atomic E-state index is 0.0989. The summed E-state index contributed by atoms with van der Waals surface area (Å²) in [7, 11) is -1.57. The molecule has 0 rings (SSSR count). The van der Waals surface area contributed by atoms with Crippen molar-refractivity contribution in [1.82, 2.24) is 0 Å². The number of unbranched alkanes of at least 4 members (excludes halogenated alkanes) is 4. The summed E-state index contributed by atoms with van der Waals surface area (Å²) in [5, 5.41) is 0. The van der Waals surface area contributed by atoms with E-state index in [2.05, 4.69) is 75.2 Å². The molecule has 0 bridgehead atoms. The first-order chi connectivity index (χ1) is 14.5. The Bertz CT molecular complexity index is 519. The third-order valence-corrected chi connectivity index (χ3v) is 6.89. The summed E-state index contributed by atoms with van der Waals surface area (Å²) in [5.41, 5.74) is 0. The van der Waals surface area contributed by atoms with Crippen molar-refractivity contribution in [2.24, 2.45) is 0 Å². The number of ether oxygens (including phenoxy) is 1. The molecule has 31 heavy (non-hydrogen) atoms. The first kappa shape index (κ1) is 30.3. The molecule has 0 aromatic rings. The summed E-state index contributed by atoms with van der Waals surface area (Å²) in [5.74, 6) is -0.0989. The molecule has 0 N–H and O–H groups in total. The Hall–Kier alpha value is -0.696. The van der Waals surface area contributed by atoms with E-state index in [0.717, 1.165) is 38.5 Å². The van der Waals surface area contributed by atoms with Gasteiger partial charge in [-0.1, -0.05) is 56.9 Å². The molecule has 0 aromatic carbocycles. The molecule has 2 unspecified atom stereocenters. The van der Waals surface area contributed by atoms with Crippen molar-refractivity contribution < 1.29 is 18.4 Å². The molecule has 0 aromatic heterocycles. The molecule has 182 valence electrons. The van der Waals surface area contributed by atoms with E-state index >= 15 is 0 Å². The standard InChI is InChI=1S/C25H50O4Si2/c1-9-23(28-30(3,4)5)19-15-13-14-17-21-24(29-31(6,7)8)20-16-11-10-12-18-22-25(26)27-2/h13-15,17,23-24H,9-12,16,18-22H2,1-8H3/b15-13+,17-14+. The molecule has 0 aliphatic rings. The molecular formula is C25H50O4Si2. The first-order valence-electron chi connectivity index (χ1n) is 12.2. The average molecular weight is 471 g/mol. The topological polar surface area (TPSA) is 44.8 Å². The third-order valence-electron chi connectivity index (χ3n) is 4.81. The van der Waals surface area contributed by atoms with Crippen LogP contribution in [0.2, 0.25) is 39.3 Å². The maximum Gasteiger partial charge on any atom is 0.305 e. The highest BCUT2D eigenvalue weighted by Gasteiger charge is 2.20. The number of hydrogen-bond donors (Lipinski definition) is 0. The SMILES string of the molecule is CCC(C/C=C/C=C/CC(CCCCCCCC(=O)OC)O[Si](C)(C)C)O[Si](C)(C)C. The van der Waals surface area contributed by atoms with Gasteiger partial charge in [0.1, 0.15) is 0 Å². The van der Waals surface area contributed by atoms with Crippen molar-refractivity contribution in [2.75, 3.05) is 7.11 Å². The molecule has 0 saturated carbocycles. The fraction of sp³-hybridized carbons (Fsp3) is 0.800. The molecule has 0 fully saturated rings. The molecule has 0 radical (unpaired) electrons. The van der Waals surface area contributed by atoms with E-state index in [4.69, 9.17) is 8.85 Å². The van der Waals surface area contributed by atoms with Crippen molar-refractivity contribution in [3.63, 3.8) is 0 Å². The minimum atomic E-state index is -1.55. The number of rotatable bonds is 18. The lowest BCUT2D eigenvalue weighted by atomic mass is 10.1. The van der Waals surface area contributed by atoms with Crippen LogP contribution in [0.5, 0.6) is 0 Å². The van der Waals surface area contributed by atoms with Gasteiger partial charge in [-0.2, -0.15) is 0 Å². The zero-order valence-electron chi connectivity index (χ0n) is 21.7.